The predicted molar refractivity (Wildman–Crippen MR) is 151 cm³/mol. The third-order valence-corrected chi connectivity index (χ3v) is 6.63. The van der Waals surface area contributed by atoms with Crippen molar-refractivity contribution in [2.75, 3.05) is 21.3 Å². The molecule has 7 nitrogen and oxygen atoms in total. The topological polar surface area (TPSA) is 74.6 Å². The van der Waals surface area contributed by atoms with Crippen LogP contribution in [-0.4, -0.2) is 36.8 Å². The van der Waals surface area contributed by atoms with Crippen molar-refractivity contribution in [3.8, 4) is 22.9 Å². The molecule has 0 fully saturated rings. The third kappa shape index (κ3) is 5.54. The molecule has 0 saturated heterocycles. The molecule has 3 aromatic carbocycles. The van der Waals surface area contributed by atoms with Crippen molar-refractivity contribution in [1.29, 1.82) is 0 Å². The number of halogens is 3. The molecule has 0 spiro atoms. The number of para-hydroxylation sites is 1. The molecule has 2 aromatic heterocycles. The van der Waals surface area contributed by atoms with Crippen LogP contribution in [0.4, 0.5) is 13.2 Å². The van der Waals surface area contributed by atoms with Crippen molar-refractivity contribution in [3.63, 3.8) is 0 Å². The monoisotopic (exact) mass is 561 g/mol. The fourth-order valence-electron chi connectivity index (χ4n) is 4.67. The number of aromatic nitrogens is 2. The summed E-state index contributed by atoms with van der Waals surface area (Å²) in [5.41, 5.74) is 2.96. The van der Waals surface area contributed by atoms with Crippen LogP contribution >= 0.6 is 0 Å². The Balaban J connectivity index is 1.42. The van der Waals surface area contributed by atoms with Crippen molar-refractivity contribution < 1.29 is 32.2 Å². The Morgan fingerprint density at radius 3 is 2.22 bits per heavy atom. The second-order valence-corrected chi connectivity index (χ2v) is 9.10. The number of rotatable bonds is 8. The van der Waals surface area contributed by atoms with Crippen LogP contribution in [0, 0.1) is 0 Å². The van der Waals surface area contributed by atoms with Gasteiger partial charge in [-0.2, -0.15) is 13.2 Å². The standard InChI is InChI=1S/C31H26F3N3O4/c1-39-27-15-22(16-28(40-2)30(27)41-3)37-25-7-5-4-6-23(25)24-14-21(35-18-26(24)37)17-36-29(38)13-10-19-8-11-20(12-9-19)31(32,33)34/h4-16,18H,17H2,1-3H3,(H,36,38)/b13-10+. The van der Waals surface area contributed by atoms with Gasteiger partial charge in [-0.05, 0) is 35.9 Å². The molecular weight excluding hydrogens is 535 g/mol. The van der Waals surface area contributed by atoms with Crippen molar-refractivity contribution in [2.24, 2.45) is 0 Å². The maximum atomic E-state index is 12.8. The fourth-order valence-corrected chi connectivity index (χ4v) is 4.67. The molecule has 0 atom stereocenters. The van der Waals surface area contributed by atoms with E-state index in [2.05, 4.69) is 14.9 Å². The third-order valence-electron chi connectivity index (χ3n) is 6.63. The number of carbonyl (C=O) groups excluding carboxylic acids is 1. The lowest BCUT2D eigenvalue weighted by Gasteiger charge is -2.16. The molecule has 0 radical (unpaired) electrons. The summed E-state index contributed by atoms with van der Waals surface area (Å²) in [6.07, 6.45) is 0.0705. The molecule has 5 rings (SSSR count). The number of amides is 1. The average molecular weight is 562 g/mol. The molecule has 0 aliphatic rings. The normalized spacial score (nSPS) is 11.8. The molecule has 0 saturated carbocycles. The second kappa shape index (κ2) is 11.2. The van der Waals surface area contributed by atoms with Gasteiger partial charge in [-0.15, -0.1) is 0 Å². The minimum atomic E-state index is -4.41. The van der Waals surface area contributed by atoms with Crippen LogP contribution < -0.4 is 19.5 Å². The molecule has 1 amide bonds. The number of pyridine rings is 1. The molecule has 0 unspecified atom stereocenters. The summed E-state index contributed by atoms with van der Waals surface area (Å²) >= 11 is 0. The van der Waals surface area contributed by atoms with Crippen LogP contribution in [-0.2, 0) is 17.5 Å². The van der Waals surface area contributed by atoms with E-state index in [9.17, 15) is 18.0 Å². The van der Waals surface area contributed by atoms with E-state index >= 15 is 0 Å². The summed E-state index contributed by atoms with van der Waals surface area (Å²) in [7, 11) is 4.68. The van der Waals surface area contributed by atoms with E-state index in [1.54, 1.807) is 27.5 Å². The highest BCUT2D eigenvalue weighted by Gasteiger charge is 2.29. The Labute approximate surface area is 233 Å². The number of fused-ring (bicyclic) bond motifs is 3. The summed E-state index contributed by atoms with van der Waals surface area (Å²) in [5.74, 6) is 1.13. The first-order chi connectivity index (χ1) is 19.7. The SMILES string of the molecule is COc1cc(-n2c3ccccc3c3cc(CNC(=O)/C=C/c4ccc(C(F)(F)F)cc4)ncc32)cc(OC)c1OC. The number of hydrogen-bond donors (Lipinski definition) is 1. The molecule has 210 valence electrons. The summed E-state index contributed by atoms with van der Waals surface area (Å²) < 4.78 is 56.9. The number of hydrogen-bond acceptors (Lipinski definition) is 5. The van der Waals surface area contributed by atoms with Crippen molar-refractivity contribution in [3.05, 3.63) is 95.8 Å². The highest BCUT2D eigenvalue weighted by molar-refractivity contribution is 6.09. The second-order valence-electron chi connectivity index (χ2n) is 9.10. The number of carbonyl (C=O) groups is 1. The number of methoxy groups -OCH3 is 3. The van der Waals surface area contributed by atoms with Gasteiger partial charge in [0.2, 0.25) is 11.7 Å². The summed E-state index contributed by atoms with van der Waals surface area (Å²) in [6.45, 7) is 0.163. The molecular formula is C31H26F3N3O4. The Morgan fingerprint density at radius 1 is 0.902 bits per heavy atom. The molecule has 1 N–H and O–H groups in total. The van der Waals surface area contributed by atoms with Gasteiger partial charge >= 0.3 is 6.18 Å². The lowest BCUT2D eigenvalue weighted by molar-refractivity contribution is -0.137. The summed E-state index contributed by atoms with van der Waals surface area (Å²) in [6, 6.07) is 18.2. The van der Waals surface area contributed by atoms with Crippen LogP contribution in [0.5, 0.6) is 17.2 Å². The van der Waals surface area contributed by atoms with Crippen molar-refractivity contribution >= 4 is 33.8 Å². The van der Waals surface area contributed by atoms with Crippen LogP contribution in [0.25, 0.3) is 33.6 Å². The van der Waals surface area contributed by atoms with Gasteiger partial charge in [0.15, 0.2) is 11.5 Å². The Bertz CT molecular complexity index is 1730. The molecule has 41 heavy (non-hydrogen) atoms. The van der Waals surface area contributed by atoms with E-state index < -0.39 is 17.6 Å². The lowest BCUT2D eigenvalue weighted by Crippen LogP contribution is -2.20. The largest absolute Gasteiger partial charge is 0.493 e. The minimum Gasteiger partial charge on any atom is -0.493 e. The molecule has 0 aliphatic carbocycles. The van der Waals surface area contributed by atoms with Gasteiger partial charge in [-0.1, -0.05) is 30.3 Å². The Kier molecular flexibility index (Phi) is 7.56. The maximum absolute atomic E-state index is 12.8. The van der Waals surface area contributed by atoms with Gasteiger partial charge in [0.05, 0.1) is 62.0 Å². The Hall–Kier alpha value is -4.99. The van der Waals surface area contributed by atoms with Crippen LogP contribution in [0.3, 0.4) is 0 Å². The number of ether oxygens (including phenoxy) is 3. The smallest absolute Gasteiger partial charge is 0.416 e. The van der Waals surface area contributed by atoms with Gasteiger partial charge in [-0.25, -0.2) is 0 Å². The first-order valence-corrected chi connectivity index (χ1v) is 12.5. The summed E-state index contributed by atoms with van der Waals surface area (Å²) in [5, 5.41) is 4.71. The lowest BCUT2D eigenvalue weighted by atomic mass is 10.1. The van der Waals surface area contributed by atoms with E-state index in [4.69, 9.17) is 14.2 Å². The van der Waals surface area contributed by atoms with Gasteiger partial charge in [0.25, 0.3) is 0 Å². The summed E-state index contributed by atoms with van der Waals surface area (Å²) in [4.78, 5) is 17.0. The molecule has 10 heteroatoms. The highest BCUT2D eigenvalue weighted by Crippen LogP contribution is 2.41. The first-order valence-electron chi connectivity index (χ1n) is 12.5. The van der Waals surface area contributed by atoms with Gasteiger partial charge < -0.3 is 24.1 Å². The van der Waals surface area contributed by atoms with Crippen molar-refractivity contribution in [1.82, 2.24) is 14.9 Å². The quantitative estimate of drug-likeness (QED) is 0.218. The van der Waals surface area contributed by atoms with Crippen LogP contribution in [0.15, 0.2) is 79.0 Å². The van der Waals surface area contributed by atoms with E-state index in [0.717, 1.165) is 39.6 Å². The molecule has 0 aliphatic heterocycles. The molecule has 0 bridgehead atoms. The zero-order valence-electron chi connectivity index (χ0n) is 22.5. The van der Waals surface area contributed by atoms with Crippen molar-refractivity contribution in [2.45, 2.75) is 12.7 Å². The predicted octanol–water partition coefficient (Wildman–Crippen LogP) is 6.55. The molecule has 2 heterocycles. The van der Waals surface area contributed by atoms with Gasteiger partial charge in [0, 0.05) is 29.0 Å². The number of nitrogens with one attached hydrogen (secondary N) is 1. The minimum absolute atomic E-state index is 0.163. The maximum Gasteiger partial charge on any atom is 0.416 e. The fraction of sp³-hybridized carbons (Fsp3) is 0.161. The molecule has 5 aromatic rings. The van der Waals surface area contributed by atoms with Gasteiger partial charge in [-0.3, -0.25) is 9.78 Å². The van der Waals surface area contributed by atoms with Gasteiger partial charge in [0.1, 0.15) is 0 Å². The number of alkyl halides is 3. The highest BCUT2D eigenvalue weighted by atomic mass is 19.4. The average Bonchev–Trinajstić information content (AvgIpc) is 3.31. The Morgan fingerprint density at radius 2 is 1.59 bits per heavy atom. The first kappa shape index (κ1) is 27.6. The van der Waals surface area contributed by atoms with Crippen LogP contribution in [0.1, 0.15) is 16.8 Å². The zero-order valence-corrected chi connectivity index (χ0v) is 22.5. The zero-order chi connectivity index (χ0) is 29.1. The number of nitrogens with zero attached hydrogens (tertiary/aromatic N) is 2. The van der Waals surface area contributed by atoms with E-state index in [0.29, 0.717) is 28.5 Å². The van der Waals surface area contributed by atoms with Crippen LogP contribution in [0.2, 0.25) is 0 Å². The van der Waals surface area contributed by atoms with E-state index in [1.807, 2.05) is 42.5 Å². The van der Waals surface area contributed by atoms with E-state index in [-0.39, 0.29) is 6.54 Å². The number of benzene rings is 3. The van der Waals surface area contributed by atoms with E-state index in [1.165, 1.54) is 24.3 Å².